The van der Waals surface area contributed by atoms with Crippen molar-refractivity contribution < 1.29 is 4.42 Å². The Balaban J connectivity index is 1.10. The molecule has 10 aromatic carbocycles. The Hall–Kier alpha value is -7.52. The van der Waals surface area contributed by atoms with Gasteiger partial charge in [0.25, 0.3) is 0 Å². The molecule has 2 heterocycles. The van der Waals surface area contributed by atoms with Crippen LogP contribution >= 0.6 is 11.3 Å². The average Bonchev–Trinajstić information content (AvgIpc) is 3.80. The Morgan fingerprint density at radius 3 is 1.46 bits per heavy atom. The fourth-order valence-electron chi connectivity index (χ4n) is 10.5. The van der Waals surface area contributed by atoms with Gasteiger partial charge in [0, 0.05) is 43.1 Å². The third kappa shape index (κ3) is 5.07. The zero-order valence-electron chi connectivity index (χ0n) is 33.2. The third-order valence-corrected chi connectivity index (χ3v) is 14.1. The molecule has 0 atom stereocenters. The van der Waals surface area contributed by atoms with Gasteiger partial charge in [-0.15, -0.1) is 11.3 Å². The highest BCUT2D eigenvalue weighted by Gasteiger charge is 2.25. The first-order valence-electron chi connectivity index (χ1n) is 21.1. The van der Waals surface area contributed by atoms with Crippen LogP contribution in [-0.2, 0) is 6.42 Å². The number of thiophene rings is 1. The number of fused-ring (bicyclic) bond motifs is 10. The molecule has 0 radical (unpaired) electrons. The third-order valence-electron chi connectivity index (χ3n) is 12.9. The van der Waals surface area contributed by atoms with E-state index in [4.69, 9.17) is 4.42 Å². The lowest BCUT2D eigenvalue weighted by molar-refractivity contribution is 0.564. The van der Waals surface area contributed by atoms with Gasteiger partial charge in [-0.2, -0.15) is 0 Å². The van der Waals surface area contributed by atoms with Gasteiger partial charge in [-0.3, -0.25) is 0 Å². The molecular formula is C59H36OS. The van der Waals surface area contributed by atoms with Gasteiger partial charge in [0.15, 0.2) is 0 Å². The summed E-state index contributed by atoms with van der Waals surface area (Å²) < 4.78 is 9.15. The molecule has 284 valence electrons. The summed E-state index contributed by atoms with van der Waals surface area (Å²) in [6.07, 6.45) is 9.43. The minimum Gasteiger partial charge on any atom is -0.460 e. The van der Waals surface area contributed by atoms with E-state index in [0.717, 1.165) is 17.8 Å². The van der Waals surface area contributed by atoms with Gasteiger partial charge >= 0.3 is 0 Å². The molecule has 61 heavy (non-hydrogen) atoms. The predicted molar refractivity (Wildman–Crippen MR) is 263 cm³/mol. The van der Waals surface area contributed by atoms with Crippen molar-refractivity contribution in [3.8, 4) is 44.5 Å². The van der Waals surface area contributed by atoms with Crippen molar-refractivity contribution >= 4 is 91.6 Å². The molecule has 0 spiro atoms. The Kier molecular flexibility index (Phi) is 7.61. The maximum absolute atomic E-state index is 6.54. The van der Waals surface area contributed by atoms with Gasteiger partial charge in [-0.05, 0) is 94.2 Å². The van der Waals surface area contributed by atoms with Crippen LogP contribution in [0, 0.1) is 0 Å². The average molecular weight is 793 g/mol. The van der Waals surface area contributed by atoms with Gasteiger partial charge in [0.1, 0.15) is 11.3 Å². The van der Waals surface area contributed by atoms with E-state index >= 15 is 0 Å². The summed E-state index contributed by atoms with van der Waals surface area (Å²) in [6.45, 7) is 0. The van der Waals surface area contributed by atoms with Crippen LogP contribution in [-0.4, -0.2) is 0 Å². The maximum Gasteiger partial charge on any atom is 0.135 e. The summed E-state index contributed by atoms with van der Waals surface area (Å²) in [5, 5.41) is 13.8. The van der Waals surface area contributed by atoms with Crippen LogP contribution in [0.4, 0.5) is 0 Å². The molecule has 0 fully saturated rings. The largest absolute Gasteiger partial charge is 0.460 e. The van der Waals surface area contributed by atoms with Crippen LogP contribution in [0.2, 0.25) is 0 Å². The van der Waals surface area contributed by atoms with E-state index in [1.54, 1.807) is 0 Å². The lowest BCUT2D eigenvalue weighted by Crippen LogP contribution is -1.92. The quantitative estimate of drug-likeness (QED) is 0.162. The summed E-state index contributed by atoms with van der Waals surface area (Å²) in [5.74, 6) is 1.01. The van der Waals surface area contributed by atoms with Crippen molar-refractivity contribution in [2.75, 3.05) is 0 Å². The van der Waals surface area contributed by atoms with Crippen LogP contribution in [0.3, 0.4) is 0 Å². The molecule has 1 nitrogen and oxygen atoms in total. The van der Waals surface area contributed by atoms with Crippen molar-refractivity contribution in [1.29, 1.82) is 0 Å². The highest BCUT2D eigenvalue weighted by molar-refractivity contribution is 7.26. The summed E-state index contributed by atoms with van der Waals surface area (Å²) >= 11 is 1.92. The number of furan rings is 1. The molecule has 1 aliphatic rings. The van der Waals surface area contributed by atoms with Crippen molar-refractivity contribution in [3.63, 3.8) is 0 Å². The van der Waals surface area contributed by atoms with E-state index in [1.807, 2.05) is 11.3 Å². The number of hydrogen-bond donors (Lipinski definition) is 0. The van der Waals surface area contributed by atoms with Gasteiger partial charge in [0.05, 0.1) is 0 Å². The van der Waals surface area contributed by atoms with Gasteiger partial charge in [-0.1, -0.05) is 194 Å². The first-order valence-corrected chi connectivity index (χ1v) is 21.9. The van der Waals surface area contributed by atoms with Crippen LogP contribution in [0.1, 0.15) is 11.3 Å². The van der Waals surface area contributed by atoms with Crippen molar-refractivity contribution in [3.05, 3.63) is 212 Å². The molecule has 1 aliphatic carbocycles. The fraction of sp³-hybridized carbons (Fsp3) is 0.0169. The van der Waals surface area contributed by atoms with Crippen LogP contribution in [0.5, 0.6) is 0 Å². The Morgan fingerprint density at radius 1 is 0.377 bits per heavy atom. The van der Waals surface area contributed by atoms with Gasteiger partial charge in [-0.25, -0.2) is 0 Å². The van der Waals surface area contributed by atoms with E-state index in [9.17, 15) is 0 Å². The Labute approximate surface area is 356 Å². The normalized spacial score (nSPS) is 12.7. The second kappa shape index (κ2) is 13.5. The molecular weight excluding hydrogens is 757 g/mol. The van der Waals surface area contributed by atoms with Crippen LogP contribution < -0.4 is 0 Å². The molecule has 13 rings (SSSR count). The molecule has 0 amide bonds. The predicted octanol–water partition coefficient (Wildman–Crippen LogP) is 17.2. The smallest absolute Gasteiger partial charge is 0.135 e. The van der Waals surface area contributed by atoms with Gasteiger partial charge < -0.3 is 4.42 Å². The summed E-state index contributed by atoms with van der Waals surface area (Å²) in [7, 11) is 0. The standard InChI is InChI=1S/C59H36OS/c1-3-18-36(19-4-1)53-37-20-7-9-22-39(37)56(40-23-10-8-21-38(40)53)48-31-15-32-49-58-47(30-17-35-52(58)61-59(48)49)55-43-26-13-11-24-41(43)54(42-25-12-14-27-44(42)55)46-29-16-34-51-57(46)45-28-5-2-6-33-50(45)60-51/h1-32,34-35H,33H2. The number of allylic oxidation sites excluding steroid dienone is 3. The van der Waals surface area contributed by atoms with E-state index < -0.39 is 0 Å². The van der Waals surface area contributed by atoms with Crippen LogP contribution in [0.25, 0.3) is 125 Å². The molecule has 12 aromatic rings. The van der Waals surface area contributed by atoms with E-state index in [-0.39, 0.29) is 0 Å². The monoisotopic (exact) mass is 792 g/mol. The molecule has 0 unspecified atom stereocenters. The van der Waals surface area contributed by atoms with E-state index in [2.05, 4.69) is 206 Å². The second-order valence-electron chi connectivity index (χ2n) is 16.1. The lowest BCUT2D eigenvalue weighted by atomic mass is 9.83. The molecule has 0 aliphatic heterocycles. The second-order valence-corrected chi connectivity index (χ2v) is 17.2. The molecule has 0 saturated heterocycles. The number of hydrogen-bond acceptors (Lipinski definition) is 2. The molecule has 0 bridgehead atoms. The zero-order valence-corrected chi connectivity index (χ0v) is 34.0. The topological polar surface area (TPSA) is 13.1 Å². The number of rotatable bonds is 4. The highest BCUT2D eigenvalue weighted by atomic mass is 32.1. The lowest BCUT2D eigenvalue weighted by Gasteiger charge is -2.19. The summed E-state index contributed by atoms with van der Waals surface area (Å²) in [5.41, 5.74) is 12.2. The molecule has 2 heteroatoms. The zero-order chi connectivity index (χ0) is 40.0. The molecule has 0 saturated carbocycles. The first kappa shape index (κ1) is 34.4. The highest BCUT2D eigenvalue weighted by Crippen LogP contribution is 2.52. The van der Waals surface area contributed by atoms with Crippen molar-refractivity contribution in [1.82, 2.24) is 0 Å². The number of benzene rings is 10. The molecule has 2 aromatic heterocycles. The minimum atomic E-state index is 0.780. The Bertz CT molecular complexity index is 3720. The minimum absolute atomic E-state index is 0.780. The SMILES string of the molecule is C1=CCc2oc3cccc(-c4c5ccccc5c(-c5cccc6sc7c(-c8c9ccccc9c(-c9ccccc9)c9ccccc89)cccc7c56)c5ccccc45)c3c2C=C1. The summed E-state index contributed by atoms with van der Waals surface area (Å²) in [4.78, 5) is 0. The van der Waals surface area contributed by atoms with Crippen LogP contribution in [0.15, 0.2) is 205 Å². The maximum atomic E-state index is 6.54. The van der Waals surface area contributed by atoms with E-state index in [1.165, 1.54) is 119 Å². The first-order chi connectivity index (χ1) is 30.3. The molecule has 0 N–H and O–H groups in total. The van der Waals surface area contributed by atoms with Crippen molar-refractivity contribution in [2.24, 2.45) is 0 Å². The van der Waals surface area contributed by atoms with Gasteiger partial charge in [0.2, 0.25) is 0 Å². The fourth-order valence-corrected chi connectivity index (χ4v) is 11.7. The van der Waals surface area contributed by atoms with Crippen molar-refractivity contribution in [2.45, 2.75) is 6.42 Å². The Morgan fingerprint density at radius 2 is 0.852 bits per heavy atom. The van der Waals surface area contributed by atoms with E-state index in [0.29, 0.717) is 0 Å². The summed E-state index contributed by atoms with van der Waals surface area (Å²) in [6, 6.07) is 67.3.